The van der Waals surface area contributed by atoms with Crippen molar-refractivity contribution in [2.75, 3.05) is 31.1 Å². The summed E-state index contributed by atoms with van der Waals surface area (Å²) in [6.07, 6.45) is 5.61. The second kappa shape index (κ2) is 13.0. The summed E-state index contributed by atoms with van der Waals surface area (Å²) in [5, 5.41) is 16.8. The lowest BCUT2D eigenvalue weighted by atomic mass is 9.84. The largest absolute Gasteiger partial charge is 0.494 e. The molecule has 1 amide bonds. The molecule has 0 unspecified atom stereocenters. The Morgan fingerprint density at radius 3 is 2.72 bits per heavy atom. The molecule has 0 bridgehead atoms. The lowest BCUT2D eigenvalue weighted by molar-refractivity contribution is -0.133. The van der Waals surface area contributed by atoms with Crippen LogP contribution in [0.25, 0.3) is 0 Å². The van der Waals surface area contributed by atoms with E-state index < -0.39 is 0 Å². The van der Waals surface area contributed by atoms with Gasteiger partial charge in [-0.2, -0.15) is 10.2 Å². The number of hydrogen-bond acceptors (Lipinski definition) is 8. The van der Waals surface area contributed by atoms with Gasteiger partial charge in [0.25, 0.3) is 0 Å². The Bertz CT molecular complexity index is 1160. The van der Waals surface area contributed by atoms with Crippen LogP contribution in [-0.2, 0) is 17.8 Å². The number of likely N-dealkylation sites (tertiary alicyclic amines) is 1. The number of carbonyl (C=O) groups excluding carboxylic acids is 1. The molecule has 4 heterocycles. The summed E-state index contributed by atoms with van der Waals surface area (Å²) < 4.78 is 11.6. The van der Waals surface area contributed by atoms with Gasteiger partial charge in [-0.1, -0.05) is 32.0 Å². The molecule has 9 nitrogen and oxygen atoms in total. The summed E-state index contributed by atoms with van der Waals surface area (Å²) in [6.45, 7) is 10.4. The van der Waals surface area contributed by atoms with E-state index in [4.69, 9.17) is 9.26 Å². The number of piperidine rings is 1. The molecule has 10 heteroatoms. The number of fused-ring (bicyclic) bond motifs is 1. The van der Waals surface area contributed by atoms with Gasteiger partial charge < -0.3 is 24.4 Å². The molecule has 2 saturated heterocycles. The Labute approximate surface area is 237 Å². The third kappa shape index (κ3) is 6.67. The number of aromatic nitrogens is 2. The third-order valence-electron chi connectivity index (χ3n) is 8.53. The fourth-order valence-corrected chi connectivity index (χ4v) is 5.97. The highest BCUT2D eigenvalue weighted by molar-refractivity contribution is 5.85. The molecule has 2 aromatic rings. The highest BCUT2D eigenvalue weighted by Crippen LogP contribution is 2.30. The van der Waals surface area contributed by atoms with Crippen molar-refractivity contribution in [1.29, 1.82) is 5.26 Å². The standard InChI is InChI=1S/C29H40N6O3.ClH/c1-19(2)27-32-29(38-33-27)34-12-8-21(9-13-34)20(3)10-14-37-25-7-6-22-16-26(31-18-23(22)15-25)28(36)35-11-4-5-24(35)17-30;/h6-7,15,19-21,24,26,31H,4-5,8-14,16,18H2,1-3H3;1H/t20-,24+,26+;/m1./s1. The van der Waals surface area contributed by atoms with Gasteiger partial charge in [0.05, 0.1) is 18.7 Å². The van der Waals surface area contributed by atoms with Gasteiger partial charge in [0, 0.05) is 32.1 Å². The lowest BCUT2D eigenvalue weighted by Crippen LogP contribution is -2.50. The number of carbonyl (C=O) groups is 1. The number of nitriles is 1. The van der Waals surface area contributed by atoms with Crippen LogP contribution >= 0.6 is 12.4 Å². The second-order valence-corrected chi connectivity index (χ2v) is 11.4. The number of halogens is 1. The van der Waals surface area contributed by atoms with E-state index >= 15 is 0 Å². The molecular formula is C29H41ClN6O3. The summed E-state index contributed by atoms with van der Waals surface area (Å²) in [5.74, 6) is 3.24. The van der Waals surface area contributed by atoms with Crippen molar-refractivity contribution in [1.82, 2.24) is 20.4 Å². The zero-order valence-electron chi connectivity index (χ0n) is 23.3. The zero-order valence-corrected chi connectivity index (χ0v) is 24.1. The minimum absolute atomic E-state index is 0. The second-order valence-electron chi connectivity index (χ2n) is 11.4. The quantitative estimate of drug-likeness (QED) is 0.507. The van der Waals surface area contributed by atoms with Crippen LogP contribution in [0.15, 0.2) is 22.7 Å². The smallest absolute Gasteiger partial charge is 0.324 e. The van der Waals surface area contributed by atoms with E-state index in [0.717, 1.165) is 56.8 Å². The monoisotopic (exact) mass is 556 g/mol. The van der Waals surface area contributed by atoms with E-state index in [2.05, 4.69) is 59.3 Å². The average Bonchev–Trinajstić information content (AvgIpc) is 3.63. The van der Waals surface area contributed by atoms with E-state index in [1.807, 2.05) is 6.07 Å². The van der Waals surface area contributed by atoms with E-state index in [1.54, 1.807) is 4.90 Å². The molecular weight excluding hydrogens is 516 g/mol. The van der Waals surface area contributed by atoms with Crippen molar-refractivity contribution in [2.24, 2.45) is 11.8 Å². The van der Waals surface area contributed by atoms with E-state index in [1.165, 1.54) is 11.1 Å². The maximum absolute atomic E-state index is 13.0. The maximum atomic E-state index is 13.0. The Balaban J connectivity index is 0.00000353. The van der Waals surface area contributed by atoms with Crippen molar-refractivity contribution < 1.29 is 14.1 Å². The van der Waals surface area contributed by atoms with E-state index in [9.17, 15) is 10.1 Å². The first kappa shape index (κ1) is 29.2. The number of benzene rings is 1. The van der Waals surface area contributed by atoms with Crippen molar-refractivity contribution in [3.8, 4) is 11.8 Å². The van der Waals surface area contributed by atoms with Crippen LogP contribution in [-0.4, -0.2) is 59.3 Å². The van der Waals surface area contributed by atoms with Crippen LogP contribution in [0.3, 0.4) is 0 Å². The van der Waals surface area contributed by atoms with Gasteiger partial charge in [0.15, 0.2) is 5.82 Å². The molecule has 0 aliphatic carbocycles. The molecule has 212 valence electrons. The number of hydrogen-bond donors (Lipinski definition) is 1. The number of nitrogens with zero attached hydrogens (tertiary/aromatic N) is 5. The molecule has 39 heavy (non-hydrogen) atoms. The Morgan fingerprint density at radius 1 is 1.21 bits per heavy atom. The first-order valence-electron chi connectivity index (χ1n) is 14.2. The van der Waals surface area contributed by atoms with Gasteiger partial charge in [0.1, 0.15) is 11.8 Å². The van der Waals surface area contributed by atoms with Crippen LogP contribution in [0.4, 0.5) is 6.01 Å². The van der Waals surface area contributed by atoms with E-state index in [0.29, 0.717) is 44.0 Å². The highest BCUT2D eigenvalue weighted by Gasteiger charge is 2.34. The number of amides is 1. The third-order valence-corrected chi connectivity index (χ3v) is 8.53. The maximum Gasteiger partial charge on any atom is 0.324 e. The van der Waals surface area contributed by atoms with Crippen molar-refractivity contribution in [3.63, 3.8) is 0 Å². The Morgan fingerprint density at radius 2 is 2.00 bits per heavy atom. The molecule has 1 aromatic carbocycles. The average molecular weight is 557 g/mol. The fraction of sp³-hybridized carbons (Fsp3) is 0.655. The van der Waals surface area contributed by atoms with Crippen molar-refractivity contribution in [3.05, 3.63) is 35.2 Å². The SMILES string of the molecule is CC(C)c1noc(N2CCC([C@H](C)CCOc3ccc4c(c3)CN[C@H](C(=O)N3CCC[C@H]3C#N)C4)CC2)n1.Cl. The zero-order chi connectivity index (χ0) is 26.6. The minimum atomic E-state index is -0.278. The molecule has 0 spiro atoms. The van der Waals surface area contributed by atoms with Gasteiger partial charge in [-0.25, -0.2) is 0 Å². The van der Waals surface area contributed by atoms with Crippen LogP contribution in [0, 0.1) is 23.2 Å². The van der Waals surface area contributed by atoms with Gasteiger partial charge in [0.2, 0.25) is 5.91 Å². The Kier molecular flexibility index (Phi) is 9.73. The molecule has 0 saturated carbocycles. The topological polar surface area (TPSA) is 108 Å². The van der Waals surface area contributed by atoms with Crippen LogP contribution in [0.1, 0.15) is 75.7 Å². The van der Waals surface area contributed by atoms with Gasteiger partial charge >= 0.3 is 6.01 Å². The molecule has 5 rings (SSSR count). The highest BCUT2D eigenvalue weighted by atomic mass is 35.5. The van der Waals surface area contributed by atoms with Crippen molar-refractivity contribution in [2.45, 2.75) is 83.8 Å². The summed E-state index contributed by atoms with van der Waals surface area (Å²) in [7, 11) is 0. The Hall–Kier alpha value is -2.83. The van der Waals surface area contributed by atoms with Crippen LogP contribution in [0.2, 0.25) is 0 Å². The summed E-state index contributed by atoms with van der Waals surface area (Å²) >= 11 is 0. The predicted octanol–water partition coefficient (Wildman–Crippen LogP) is 4.47. The lowest BCUT2D eigenvalue weighted by Gasteiger charge is -2.33. The van der Waals surface area contributed by atoms with Gasteiger partial charge in [-0.15, -0.1) is 12.4 Å². The first-order valence-corrected chi connectivity index (χ1v) is 14.2. The normalized spacial score (nSPS) is 22.2. The summed E-state index contributed by atoms with van der Waals surface area (Å²) in [6, 6.07) is 8.62. The molecule has 3 aliphatic rings. The number of anilines is 1. The van der Waals surface area contributed by atoms with E-state index in [-0.39, 0.29) is 36.3 Å². The molecule has 3 aliphatic heterocycles. The number of rotatable bonds is 8. The molecule has 2 fully saturated rings. The van der Waals surface area contributed by atoms with Crippen molar-refractivity contribution >= 4 is 24.3 Å². The first-order chi connectivity index (χ1) is 18.4. The molecule has 3 atom stereocenters. The molecule has 1 N–H and O–H groups in total. The fourth-order valence-electron chi connectivity index (χ4n) is 5.97. The minimum Gasteiger partial charge on any atom is -0.494 e. The molecule has 0 radical (unpaired) electrons. The van der Waals surface area contributed by atoms with Gasteiger partial charge in [-0.3, -0.25) is 4.79 Å². The number of ether oxygens (including phenoxy) is 1. The number of nitrogens with one attached hydrogen (secondary N) is 1. The molecule has 1 aromatic heterocycles. The van der Waals surface area contributed by atoms with Crippen LogP contribution < -0.4 is 15.0 Å². The predicted molar refractivity (Wildman–Crippen MR) is 151 cm³/mol. The summed E-state index contributed by atoms with van der Waals surface area (Å²) in [5.41, 5.74) is 2.37. The summed E-state index contributed by atoms with van der Waals surface area (Å²) in [4.78, 5) is 21.5. The van der Waals surface area contributed by atoms with Crippen LogP contribution in [0.5, 0.6) is 5.75 Å². The van der Waals surface area contributed by atoms with Gasteiger partial charge in [-0.05, 0) is 73.6 Å².